The molecule has 1 amide bonds. The number of benzene rings is 2. The molecule has 0 aliphatic rings. The summed E-state index contributed by atoms with van der Waals surface area (Å²) < 4.78 is 5.81. The standard InChI is InChI=1S/C22H15ClN2O4S/c23-16-7-3-1-5-13(16)12-29-19-11-15(14-6-2-4-8-17(14)24-19)21(26)25-20-10-9-18(30-20)22(27)28/h1-11H,12H2,(H,25,26)(H,27,28). The molecule has 150 valence electrons. The molecule has 2 heterocycles. The molecule has 0 fully saturated rings. The van der Waals surface area contributed by atoms with Gasteiger partial charge in [0.1, 0.15) is 11.5 Å². The molecule has 0 saturated heterocycles. The number of anilines is 1. The number of carbonyl (C=O) groups excluding carboxylic acids is 1. The molecule has 4 aromatic rings. The van der Waals surface area contributed by atoms with E-state index in [9.17, 15) is 9.59 Å². The Morgan fingerprint density at radius 2 is 1.83 bits per heavy atom. The number of nitrogens with zero attached hydrogens (tertiary/aromatic N) is 1. The number of ether oxygens (including phenoxy) is 1. The Morgan fingerprint density at radius 3 is 2.60 bits per heavy atom. The molecular weight excluding hydrogens is 424 g/mol. The van der Waals surface area contributed by atoms with Crippen molar-refractivity contribution in [2.24, 2.45) is 0 Å². The smallest absolute Gasteiger partial charge is 0.345 e. The Hall–Kier alpha value is -3.42. The second-order valence-corrected chi connectivity index (χ2v) is 7.82. The highest BCUT2D eigenvalue weighted by Gasteiger charge is 2.16. The molecule has 8 heteroatoms. The largest absolute Gasteiger partial charge is 0.477 e. The number of carbonyl (C=O) groups is 2. The number of para-hydroxylation sites is 1. The predicted octanol–water partition coefficient (Wildman–Crippen LogP) is 5.48. The molecule has 30 heavy (non-hydrogen) atoms. The van der Waals surface area contributed by atoms with Crippen LogP contribution in [-0.2, 0) is 6.61 Å². The van der Waals surface area contributed by atoms with Crippen molar-refractivity contribution in [2.45, 2.75) is 6.61 Å². The molecule has 0 bridgehead atoms. The molecule has 0 saturated carbocycles. The van der Waals surface area contributed by atoms with Crippen LogP contribution in [0.5, 0.6) is 5.88 Å². The maximum Gasteiger partial charge on any atom is 0.345 e. The summed E-state index contributed by atoms with van der Waals surface area (Å²) in [7, 11) is 0. The molecule has 0 radical (unpaired) electrons. The van der Waals surface area contributed by atoms with Gasteiger partial charge in [-0.25, -0.2) is 9.78 Å². The Balaban J connectivity index is 1.63. The van der Waals surface area contributed by atoms with E-state index < -0.39 is 5.97 Å². The average Bonchev–Trinajstić information content (AvgIpc) is 3.21. The number of thiophene rings is 1. The molecule has 2 aromatic heterocycles. The number of amides is 1. The highest BCUT2D eigenvalue weighted by Crippen LogP contribution is 2.27. The monoisotopic (exact) mass is 438 g/mol. The van der Waals surface area contributed by atoms with Crippen LogP contribution in [-0.4, -0.2) is 22.0 Å². The highest BCUT2D eigenvalue weighted by molar-refractivity contribution is 7.18. The maximum atomic E-state index is 12.9. The fraction of sp³-hybridized carbons (Fsp3) is 0.0455. The van der Waals surface area contributed by atoms with E-state index in [0.717, 1.165) is 16.9 Å². The molecule has 0 atom stereocenters. The third kappa shape index (κ3) is 4.27. The molecule has 0 unspecified atom stereocenters. The van der Waals surface area contributed by atoms with Crippen LogP contribution in [0, 0.1) is 0 Å². The minimum absolute atomic E-state index is 0.147. The highest BCUT2D eigenvalue weighted by atomic mass is 35.5. The van der Waals surface area contributed by atoms with Crippen molar-refractivity contribution in [1.82, 2.24) is 4.98 Å². The number of carboxylic acid groups (broad SMARTS) is 1. The van der Waals surface area contributed by atoms with Crippen LogP contribution in [0.15, 0.2) is 66.7 Å². The Kier molecular flexibility index (Phi) is 5.65. The van der Waals surface area contributed by atoms with Crippen LogP contribution in [0.3, 0.4) is 0 Å². The lowest BCUT2D eigenvalue weighted by Gasteiger charge is -2.11. The van der Waals surface area contributed by atoms with Crippen LogP contribution in [0.25, 0.3) is 10.9 Å². The van der Waals surface area contributed by atoms with Crippen molar-refractivity contribution >= 4 is 50.7 Å². The molecule has 4 rings (SSSR count). The normalized spacial score (nSPS) is 10.7. The zero-order chi connectivity index (χ0) is 21.1. The second-order valence-electron chi connectivity index (χ2n) is 6.33. The topological polar surface area (TPSA) is 88.5 Å². The van der Waals surface area contributed by atoms with Gasteiger partial charge in [-0.15, -0.1) is 11.3 Å². The van der Waals surface area contributed by atoms with Gasteiger partial charge in [-0.1, -0.05) is 48.0 Å². The average molecular weight is 439 g/mol. The molecular formula is C22H15ClN2O4S. The Labute approximate surface area is 180 Å². The lowest BCUT2D eigenvalue weighted by molar-refractivity contribution is 0.0702. The summed E-state index contributed by atoms with van der Waals surface area (Å²) in [6.07, 6.45) is 0. The van der Waals surface area contributed by atoms with Gasteiger partial charge in [0.05, 0.1) is 16.1 Å². The van der Waals surface area contributed by atoms with Crippen molar-refractivity contribution < 1.29 is 19.4 Å². The van der Waals surface area contributed by atoms with Crippen molar-refractivity contribution in [2.75, 3.05) is 5.32 Å². The second kappa shape index (κ2) is 8.52. The number of halogens is 1. The Morgan fingerprint density at radius 1 is 1.07 bits per heavy atom. The molecule has 2 N–H and O–H groups in total. The molecule has 2 aromatic carbocycles. The van der Waals surface area contributed by atoms with Crippen molar-refractivity contribution in [3.63, 3.8) is 0 Å². The lowest BCUT2D eigenvalue weighted by atomic mass is 10.1. The first-order valence-electron chi connectivity index (χ1n) is 8.92. The third-order valence-corrected chi connectivity index (χ3v) is 5.68. The number of aromatic carboxylic acids is 1. The van der Waals surface area contributed by atoms with E-state index >= 15 is 0 Å². The summed E-state index contributed by atoms with van der Waals surface area (Å²) in [6, 6.07) is 19.1. The van der Waals surface area contributed by atoms with Gasteiger partial charge < -0.3 is 15.2 Å². The Bertz CT molecular complexity index is 1250. The van der Waals surface area contributed by atoms with E-state index in [1.54, 1.807) is 30.3 Å². The number of rotatable bonds is 6. The van der Waals surface area contributed by atoms with E-state index in [1.807, 2.05) is 30.3 Å². The van der Waals surface area contributed by atoms with Gasteiger partial charge in [0.15, 0.2) is 0 Å². The number of hydrogen-bond acceptors (Lipinski definition) is 5. The fourth-order valence-electron chi connectivity index (χ4n) is 2.88. The number of hydrogen-bond donors (Lipinski definition) is 2. The number of aromatic nitrogens is 1. The first kappa shape index (κ1) is 19.9. The quantitative estimate of drug-likeness (QED) is 0.416. The number of pyridine rings is 1. The summed E-state index contributed by atoms with van der Waals surface area (Å²) in [5.41, 5.74) is 1.79. The summed E-state index contributed by atoms with van der Waals surface area (Å²) in [5.74, 6) is -1.13. The summed E-state index contributed by atoms with van der Waals surface area (Å²) in [5, 5.41) is 13.5. The fourth-order valence-corrected chi connectivity index (χ4v) is 3.81. The van der Waals surface area contributed by atoms with Gasteiger partial charge in [-0.3, -0.25) is 4.79 Å². The third-order valence-electron chi connectivity index (χ3n) is 4.32. The zero-order valence-electron chi connectivity index (χ0n) is 15.5. The van der Waals surface area contributed by atoms with Gasteiger partial charge in [-0.2, -0.15) is 0 Å². The number of nitrogens with one attached hydrogen (secondary N) is 1. The van der Waals surface area contributed by atoms with Gasteiger partial charge in [-0.05, 0) is 24.3 Å². The van der Waals surface area contributed by atoms with Crippen LogP contribution in [0.4, 0.5) is 5.00 Å². The molecule has 0 spiro atoms. The van der Waals surface area contributed by atoms with Crippen LogP contribution < -0.4 is 10.1 Å². The van der Waals surface area contributed by atoms with Gasteiger partial charge in [0.2, 0.25) is 5.88 Å². The van der Waals surface area contributed by atoms with Gasteiger partial charge >= 0.3 is 5.97 Å². The van der Waals surface area contributed by atoms with Crippen LogP contribution in [0.1, 0.15) is 25.6 Å². The molecule has 0 aliphatic heterocycles. The first-order chi connectivity index (χ1) is 14.5. The molecule has 0 aliphatic carbocycles. The minimum Gasteiger partial charge on any atom is -0.477 e. The summed E-state index contributed by atoms with van der Waals surface area (Å²) in [6.45, 7) is 0.207. The van der Waals surface area contributed by atoms with Gasteiger partial charge in [0.25, 0.3) is 5.91 Å². The number of fused-ring (bicyclic) bond motifs is 1. The van der Waals surface area contributed by atoms with Crippen molar-refractivity contribution in [1.29, 1.82) is 0 Å². The van der Waals surface area contributed by atoms with Crippen molar-refractivity contribution in [3.8, 4) is 5.88 Å². The zero-order valence-corrected chi connectivity index (χ0v) is 17.0. The van der Waals surface area contributed by atoms with E-state index in [4.69, 9.17) is 21.4 Å². The SMILES string of the molecule is O=C(O)c1ccc(NC(=O)c2cc(OCc3ccccc3Cl)nc3ccccc23)s1. The molecule has 6 nitrogen and oxygen atoms in total. The predicted molar refractivity (Wildman–Crippen MR) is 117 cm³/mol. The minimum atomic E-state index is -1.04. The maximum absolute atomic E-state index is 12.9. The van der Waals surface area contributed by atoms with Crippen LogP contribution in [0.2, 0.25) is 5.02 Å². The van der Waals surface area contributed by atoms with E-state index in [-0.39, 0.29) is 23.3 Å². The lowest BCUT2D eigenvalue weighted by Crippen LogP contribution is -2.12. The van der Waals surface area contributed by atoms with Crippen molar-refractivity contribution in [3.05, 3.63) is 87.8 Å². The first-order valence-corrected chi connectivity index (χ1v) is 10.1. The van der Waals surface area contributed by atoms with E-state index in [2.05, 4.69) is 10.3 Å². The van der Waals surface area contributed by atoms with Gasteiger partial charge in [0, 0.05) is 22.0 Å². The summed E-state index contributed by atoms with van der Waals surface area (Å²) >= 11 is 7.17. The number of carboxylic acids is 1. The van der Waals surface area contributed by atoms with E-state index in [1.165, 1.54) is 6.07 Å². The summed E-state index contributed by atoms with van der Waals surface area (Å²) in [4.78, 5) is 28.6. The van der Waals surface area contributed by atoms with Crippen LogP contribution >= 0.6 is 22.9 Å². The van der Waals surface area contributed by atoms with E-state index in [0.29, 0.717) is 26.5 Å².